The number of aromatic carboxylic acids is 1. The van der Waals surface area contributed by atoms with E-state index in [-0.39, 0.29) is 174 Å². The van der Waals surface area contributed by atoms with Crippen LogP contribution >= 0.6 is 24.4 Å². The Morgan fingerprint density at radius 2 is 0.629 bits per heavy atom. The Morgan fingerprint density at radius 3 is 0.899 bits per heavy atom. The minimum atomic E-state index is -1.41. The maximum absolute atomic E-state index is 12.6. The van der Waals surface area contributed by atoms with Crippen molar-refractivity contribution in [3.05, 3.63) is 94.5 Å². The van der Waals surface area contributed by atoms with Crippen molar-refractivity contribution in [3.8, 4) is 0 Å². The molecule has 0 aromatic heterocycles. The standard InChI is InChI=1S/C53H68N10O22S2.2Gd/c64-41(65)24-58(9-11-60(26-43(68)69)27-44(70)71)13-15-62(30-47(76)77)39(50(82)83)20-32-1-5-37(6-2-32)56-52(86)54-22-34-17-35(19-36(18-34)49(80)81)23-55-53(87)57-38-7-3-33(4-8-38)21-40(51(84)85)63(31-48(78)79)16-14-59(25-42(66)67)10-12-61(28-45(72)73)29-46(74)75;;/h1-8,17-19,39-40H,9-16,20-31H2,(H,64,65)(H,66,67)(H,68,69)(H,70,71)(H,72,73)(H,74,75)(H,76,77)(H,78,79)(H,80,81)(H,82,83)(H,84,85)(H2,54,56,86)(H2,55,57,87);;. The normalized spacial score (nSPS) is 11.7. The first kappa shape index (κ1) is 80.6. The summed E-state index contributed by atoms with van der Waals surface area (Å²) in [5, 5.41) is 117. The van der Waals surface area contributed by atoms with Gasteiger partial charge in [0.05, 0.1) is 57.9 Å². The summed E-state index contributed by atoms with van der Waals surface area (Å²) < 4.78 is 0. The van der Waals surface area contributed by atoms with Gasteiger partial charge in [-0.2, -0.15) is 0 Å². The van der Waals surface area contributed by atoms with Crippen LogP contribution in [0.1, 0.15) is 32.6 Å². The molecule has 36 heteroatoms. The van der Waals surface area contributed by atoms with E-state index in [1.54, 1.807) is 54.6 Å². The van der Waals surface area contributed by atoms with Crippen molar-refractivity contribution in [1.82, 2.24) is 40.0 Å². The molecule has 0 aliphatic heterocycles. The van der Waals surface area contributed by atoms with E-state index >= 15 is 0 Å². The van der Waals surface area contributed by atoms with Crippen LogP contribution in [0.3, 0.4) is 0 Å². The molecule has 0 aliphatic carbocycles. The molecular weight excluding hydrogens is 1510 g/mol. The summed E-state index contributed by atoms with van der Waals surface area (Å²) in [6.45, 7) is -6.61. The van der Waals surface area contributed by atoms with Crippen LogP contribution in [0, 0.1) is 79.9 Å². The summed E-state index contributed by atoms with van der Waals surface area (Å²) in [4.78, 5) is 136. The third-order valence-corrected chi connectivity index (χ3v) is 13.1. The average Bonchev–Trinajstić information content (AvgIpc) is 3.51. The molecule has 0 radical (unpaired) electrons. The molecule has 2 atom stereocenters. The molecular formula is C53H68Gd2N10O22S2. The van der Waals surface area contributed by atoms with E-state index in [0.717, 1.165) is 19.6 Å². The number of anilines is 2. The number of carboxylic acids is 11. The number of hydrogen-bond acceptors (Lipinski definition) is 19. The van der Waals surface area contributed by atoms with Crippen LogP contribution in [0.5, 0.6) is 0 Å². The molecule has 0 bridgehead atoms. The van der Waals surface area contributed by atoms with E-state index in [9.17, 15) is 88.5 Å². The van der Waals surface area contributed by atoms with E-state index in [4.69, 9.17) is 44.9 Å². The smallest absolute Gasteiger partial charge is 0.335 e. The van der Waals surface area contributed by atoms with Crippen molar-refractivity contribution in [2.24, 2.45) is 0 Å². The van der Waals surface area contributed by atoms with E-state index < -0.39 is 130 Å². The second kappa shape index (κ2) is 41.8. The number of nitrogens with one attached hydrogen (secondary N) is 4. The van der Waals surface area contributed by atoms with Crippen LogP contribution in [-0.4, -0.2) is 278 Å². The quantitative estimate of drug-likeness (QED) is 0.0297. The van der Waals surface area contributed by atoms with E-state index in [0.29, 0.717) is 33.6 Å². The first-order chi connectivity index (χ1) is 40.9. The van der Waals surface area contributed by atoms with Gasteiger partial charge in [-0.15, -0.1) is 0 Å². The van der Waals surface area contributed by atoms with Crippen LogP contribution < -0.4 is 21.3 Å². The number of carbonyl (C=O) groups is 11. The number of thiocarbonyl (C=S) groups is 2. The first-order valence-electron chi connectivity index (χ1n) is 26.2. The van der Waals surface area contributed by atoms with Crippen LogP contribution in [-0.2, 0) is 73.9 Å². The second-order valence-electron chi connectivity index (χ2n) is 19.5. The van der Waals surface area contributed by atoms with Gasteiger partial charge < -0.3 is 77.4 Å². The van der Waals surface area contributed by atoms with Gasteiger partial charge in [-0.25, -0.2) is 4.79 Å². The number of nitrogens with zero attached hydrogens (tertiary/aromatic N) is 6. The summed E-state index contributed by atoms with van der Waals surface area (Å²) in [5.74, 6) is -14.5. The number of carboxylic acid groups (broad SMARTS) is 11. The fraction of sp³-hybridized carbons (Fsp3) is 0.415. The van der Waals surface area contributed by atoms with Crippen LogP contribution in [0.4, 0.5) is 11.4 Å². The van der Waals surface area contributed by atoms with Gasteiger partial charge in [0.15, 0.2) is 10.2 Å². The first-order valence-corrected chi connectivity index (χ1v) is 27.0. The molecule has 0 spiro atoms. The molecule has 0 amide bonds. The Morgan fingerprint density at radius 1 is 0.360 bits per heavy atom. The summed E-state index contributed by atoms with van der Waals surface area (Å²) in [7, 11) is 0. The molecule has 2 unspecified atom stereocenters. The van der Waals surface area contributed by atoms with Gasteiger partial charge >= 0.3 is 65.7 Å². The summed E-state index contributed by atoms with van der Waals surface area (Å²) in [6, 6.07) is 14.4. The predicted molar refractivity (Wildman–Crippen MR) is 313 cm³/mol. The Balaban J connectivity index is 0.0000198. The molecule has 3 rings (SSSR count). The molecule has 32 nitrogen and oxygen atoms in total. The zero-order valence-electron chi connectivity index (χ0n) is 47.3. The van der Waals surface area contributed by atoms with Gasteiger partial charge in [0.1, 0.15) is 12.1 Å². The molecule has 89 heavy (non-hydrogen) atoms. The molecule has 3 aromatic carbocycles. The third-order valence-electron chi connectivity index (χ3n) is 12.6. The Kier molecular flexibility index (Phi) is 37.9. The minimum absolute atomic E-state index is 0. The number of aliphatic carboxylic acids is 10. The average molecular weight is 1580 g/mol. The van der Waals surface area contributed by atoms with Crippen molar-refractivity contribution in [3.63, 3.8) is 0 Å². The van der Waals surface area contributed by atoms with Gasteiger partial charge in [0, 0.05) is 157 Å². The minimum Gasteiger partial charge on any atom is -0.480 e. The number of rotatable bonds is 43. The fourth-order valence-corrected chi connectivity index (χ4v) is 9.08. The maximum Gasteiger partial charge on any atom is 0.335 e. The summed E-state index contributed by atoms with van der Waals surface area (Å²) >= 11 is 11.0. The van der Waals surface area contributed by atoms with Crippen molar-refractivity contribution in [1.29, 1.82) is 0 Å². The fourth-order valence-electron chi connectivity index (χ4n) is 8.70. The van der Waals surface area contributed by atoms with Gasteiger partial charge in [-0.1, -0.05) is 30.3 Å². The van der Waals surface area contributed by atoms with E-state index in [1.165, 1.54) is 21.9 Å². The van der Waals surface area contributed by atoms with Crippen molar-refractivity contribution < 1.29 is 189 Å². The van der Waals surface area contributed by atoms with E-state index in [2.05, 4.69) is 21.3 Å². The Hall–Kier alpha value is -6.38. The van der Waals surface area contributed by atoms with Gasteiger partial charge in [-0.05, 0) is 95.9 Å². The SMILES string of the molecule is O=C(O)CN(CCN(CC(=O)O)CC(=O)O)CCN(CC(=O)O)C(Cc1ccc(NC(=S)NCc2cc(CNC(=S)Nc3ccc(CC(C(=O)O)N(CCN(CCN(CC(=O)O)CC(=O)O)CC(=O)O)CC(=O)O)cc3)cc(C(=O)O)c2)cc1)C(=O)O.[Gd].[Gd]. The zero-order chi connectivity index (χ0) is 64.9. The van der Waals surface area contributed by atoms with Gasteiger partial charge in [0.25, 0.3) is 0 Å². The van der Waals surface area contributed by atoms with Crippen LogP contribution in [0.15, 0.2) is 66.7 Å². The van der Waals surface area contributed by atoms with Crippen LogP contribution in [0.25, 0.3) is 0 Å². The maximum atomic E-state index is 12.6. The molecule has 3 aromatic rings. The van der Waals surface area contributed by atoms with Crippen molar-refractivity contribution in [2.45, 2.75) is 38.0 Å². The molecule has 0 fully saturated rings. The Bertz CT molecular complexity index is 2740. The summed E-state index contributed by atoms with van der Waals surface area (Å²) in [6.07, 6.45) is -0.382. The predicted octanol–water partition coefficient (Wildman–Crippen LogP) is -1.16. The molecule has 0 aliphatic rings. The van der Waals surface area contributed by atoms with Crippen molar-refractivity contribution >= 4 is 112 Å². The molecule has 0 saturated heterocycles. The van der Waals surface area contributed by atoms with Crippen LogP contribution in [0.2, 0.25) is 0 Å². The van der Waals surface area contributed by atoms with Gasteiger partial charge in [-0.3, -0.25) is 77.3 Å². The molecule has 490 valence electrons. The molecule has 0 heterocycles. The monoisotopic (exact) mass is 1580 g/mol. The largest absolute Gasteiger partial charge is 0.480 e. The van der Waals surface area contributed by atoms with Crippen molar-refractivity contribution in [2.75, 3.05) is 115 Å². The third kappa shape index (κ3) is 33.9. The second-order valence-corrected chi connectivity index (χ2v) is 20.3. The molecule has 15 N–H and O–H groups in total. The summed E-state index contributed by atoms with van der Waals surface area (Å²) in [5.41, 5.74) is 2.80. The number of hydrogen-bond donors (Lipinski definition) is 15. The van der Waals surface area contributed by atoms with E-state index in [1.807, 2.05) is 0 Å². The number of benzene rings is 3. The Labute approximate surface area is 583 Å². The zero-order valence-corrected chi connectivity index (χ0v) is 53.4. The topological polar surface area (TPSA) is 478 Å². The molecule has 0 saturated carbocycles. The van der Waals surface area contributed by atoms with Gasteiger partial charge in [0.2, 0.25) is 0 Å².